The molecule has 0 saturated heterocycles. The van der Waals surface area contributed by atoms with Crippen molar-refractivity contribution in [2.45, 2.75) is 13.5 Å². The first-order chi connectivity index (χ1) is 10.2. The minimum atomic E-state index is -0.873. The quantitative estimate of drug-likeness (QED) is 0.779. The Morgan fingerprint density at radius 3 is 2.86 bits per heavy atom. The second kappa shape index (κ2) is 5.61. The molecular formula is C16H15NO3S. The molecule has 0 atom stereocenters. The van der Waals surface area contributed by atoms with Crippen LogP contribution < -0.4 is 4.74 Å². The largest absolute Gasteiger partial charge is 0.493 e. The zero-order valence-corrected chi connectivity index (χ0v) is 12.4. The Morgan fingerprint density at radius 1 is 1.29 bits per heavy atom. The number of ether oxygens (including phenoxy) is 1. The third kappa shape index (κ3) is 2.64. The lowest BCUT2D eigenvalue weighted by Gasteiger charge is -2.06. The number of carboxylic acids is 1. The van der Waals surface area contributed by atoms with Crippen LogP contribution in [0.3, 0.4) is 0 Å². The van der Waals surface area contributed by atoms with Crippen LogP contribution in [-0.2, 0) is 6.54 Å². The highest BCUT2D eigenvalue weighted by Crippen LogP contribution is 2.28. The number of carbonyl (C=O) groups is 1. The minimum absolute atomic E-state index is 0.372. The number of hydrogen-bond donors (Lipinski definition) is 1. The fourth-order valence-electron chi connectivity index (χ4n) is 2.36. The summed E-state index contributed by atoms with van der Waals surface area (Å²) in [7, 11) is 0. The first kappa shape index (κ1) is 13.7. The maximum atomic E-state index is 10.9. The Morgan fingerprint density at radius 2 is 2.14 bits per heavy atom. The number of nitrogens with zero attached hydrogens (tertiary/aromatic N) is 1. The zero-order valence-electron chi connectivity index (χ0n) is 11.6. The molecule has 21 heavy (non-hydrogen) atoms. The van der Waals surface area contributed by atoms with Crippen molar-refractivity contribution in [3.8, 4) is 5.75 Å². The van der Waals surface area contributed by atoms with Crippen molar-refractivity contribution in [1.82, 2.24) is 4.57 Å². The van der Waals surface area contributed by atoms with Crippen LogP contribution in [0, 0.1) is 0 Å². The average molecular weight is 301 g/mol. The molecule has 0 aliphatic heterocycles. The molecule has 1 N–H and O–H groups in total. The van der Waals surface area contributed by atoms with E-state index >= 15 is 0 Å². The van der Waals surface area contributed by atoms with Gasteiger partial charge in [-0.15, -0.1) is 11.3 Å². The highest BCUT2D eigenvalue weighted by Gasteiger charge is 2.10. The topological polar surface area (TPSA) is 51.5 Å². The van der Waals surface area contributed by atoms with Gasteiger partial charge in [-0.05, 0) is 37.3 Å². The summed E-state index contributed by atoms with van der Waals surface area (Å²) in [6, 6.07) is 11.5. The van der Waals surface area contributed by atoms with Gasteiger partial charge in [0.15, 0.2) is 0 Å². The lowest BCUT2D eigenvalue weighted by Crippen LogP contribution is -1.96. The summed E-state index contributed by atoms with van der Waals surface area (Å²) in [6.07, 6.45) is 2.01. The van der Waals surface area contributed by atoms with Crippen molar-refractivity contribution >= 4 is 28.2 Å². The van der Waals surface area contributed by atoms with Crippen molar-refractivity contribution in [2.75, 3.05) is 6.61 Å². The summed E-state index contributed by atoms with van der Waals surface area (Å²) >= 11 is 1.31. The molecule has 4 nitrogen and oxygen atoms in total. The van der Waals surface area contributed by atoms with E-state index in [9.17, 15) is 4.79 Å². The van der Waals surface area contributed by atoms with Gasteiger partial charge < -0.3 is 14.4 Å². The van der Waals surface area contributed by atoms with Gasteiger partial charge in [0.25, 0.3) is 0 Å². The number of benzene rings is 1. The summed E-state index contributed by atoms with van der Waals surface area (Å²) in [5, 5.41) is 10.1. The molecule has 3 aromatic rings. The zero-order chi connectivity index (χ0) is 14.8. The molecule has 3 rings (SSSR count). The van der Waals surface area contributed by atoms with Crippen LogP contribution in [0.15, 0.2) is 42.6 Å². The predicted molar refractivity (Wildman–Crippen MR) is 83.5 cm³/mol. The molecule has 0 spiro atoms. The van der Waals surface area contributed by atoms with Crippen LogP contribution in [0.2, 0.25) is 0 Å². The first-order valence-electron chi connectivity index (χ1n) is 6.71. The molecule has 0 fully saturated rings. The highest BCUT2D eigenvalue weighted by atomic mass is 32.1. The third-order valence-electron chi connectivity index (χ3n) is 3.27. The molecule has 0 bridgehead atoms. The van der Waals surface area contributed by atoms with Crippen molar-refractivity contribution in [1.29, 1.82) is 0 Å². The monoisotopic (exact) mass is 301 g/mol. The highest BCUT2D eigenvalue weighted by molar-refractivity contribution is 7.13. The van der Waals surface area contributed by atoms with E-state index in [4.69, 9.17) is 9.84 Å². The molecule has 0 unspecified atom stereocenters. The number of hydrogen-bond acceptors (Lipinski definition) is 3. The van der Waals surface area contributed by atoms with E-state index in [1.54, 1.807) is 6.07 Å². The van der Waals surface area contributed by atoms with Crippen LogP contribution in [0.5, 0.6) is 5.75 Å². The van der Waals surface area contributed by atoms with Gasteiger partial charge in [0.05, 0.1) is 18.7 Å². The molecule has 0 radical (unpaired) electrons. The summed E-state index contributed by atoms with van der Waals surface area (Å²) in [6.45, 7) is 3.27. The fraction of sp³-hybridized carbons (Fsp3) is 0.188. The minimum Gasteiger partial charge on any atom is -0.493 e. The number of aromatic carboxylic acids is 1. The number of aromatic nitrogens is 1. The van der Waals surface area contributed by atoms with Crippen LogP contribution in [0.25, 0.3) is 10.9 Å². The summed E-state index contributed by atoms with van der Waals surface area (Å²) < 4.78 is 7.74. The summed E-state index contributed by atoms with van der Waals surface area (Å²) in [5.41, 5.74) is 1.09. The molecule has 0 amide bonds. The molecule has 1 aromatic carbocycles. The lowest BCUT2D eigenvalue weighted by atomic mass is 10.2. The molecule has 0 aliphatic carbocycles. The van der Waals surface area contributed by atoms with E-state index in [0.29, 0.717) is 18.0 Å². The van der Waals surface area contributed by atoms with Gasteiger partial charge in [0.1, 0.15) is 10.6 Å². The second-order valence-electron chi connectivity index (χ2n) is 4.64. The average Bonchev–Trinajstić information content (AvgIpc) is 3.08. The Bertz CT molecular complexity index is 788. The van der Waals surface area contributed by atoms with E-state index in [1.807, 2.05) is 43.5 Å². The van der Waals surface area contributed by atoms with Gasteiger partial charge in [-0.3, -0.25) is 0 Å². The Balaban J connectivity index is 1.93. The van der Waals surface area contributed by atoms with Gasteiger partial charge in [-0.25, -0.2) is 4.79 Å². The predicted octanol–water partition coefficient (Wildman–Crippen LogP) is 3.85. The summed E-state index contributed by atoms with van der Waals surface area (Å²) in [4.78, 5) is 12.3. The Labute approximate surface area is 126 Å². The number of thiophene rings is 1. The molecule has 2 heterocycles. The normalized spacial score (nSPS) is 10.9. The van der Waals surface area contributed by atoms with Crippen LogP contribution in [0.4, 0.5) is 0 Å². The Kier molecular flexibility index (Phi) is 3.66. The number of rotatable bonds is 5. The van der Waals surface area contributed by atoms with Gasteiger partial charge in [-0.1, -0.05) is 6.07 Å². The molecule has 5 heteroatoms. The van der Waals surface area contributed by atoms with E-state index in [1.165, 1.54) is 11.3 Å². The van der Waals surface area contributed by atoms with Crippen molar-refractivity contribution < 1.29 is 14.6 Å². The van der Waals surface area contributed by atoms with E-state index in [-0.39, 0.29) is 0 Å². The molecule has 0 aliphatic rings. The smallest absolute Gasteiger partial charge is 0.345 e. The molecule has 2 aromatic heterocycles. The first-order valence-corrected chi connectivity index (χ1v) is 7.53. The van der Waals surface area contributed by atoms with Gasteiger partial charge in [0.2, 0.25) is 0 Å². The molecular weight excluding hydrogens is 286 g/mol. The second-order valence-corrected chi connectivity index (χ2v) is 5.81. The Hall–Kier alpha value is -2.27. The van der Waals surface area contributed by atoms with Crippen molar-refractivity contribution in [3.05, 3.63) is 52.3 Å². The molecule has 0 saturated carbocycles. The van der Waals surface area contributed by atoms with Crippen molar-refractivity contribution in [2.24, 2.45) is 0 Å². The maximum absolute atomic E-state index is 10.9. The standard InChI is InChI=1S/C16H15NO3S/c1-2-20-14-5-3-4-13-12(14)8-9-17(13)10-11-6-7-15(21-11)16(18)19/h3-9H,2,10H2,1H3,(H,18,19). The van der Waals surface area contributed by atoms with Gasteiger partial charge >= 0.3 is 5.97 Å². The van der Waals surface area contributed by atoms with E-state index in [2.05, 4.69) is 4.57 Å². The van der Waals surface area contributed by atoms with E-state index < -0.39 is 5.97 Å². The van der Waals surface area contributed by atoms with Gasteiger partial charge in [-0.2, -0.15) is 0 Å². The number of carboxylic acid groups (broad SMARTS) is 1. The SMILES string of the molecule is CCOc1cccc2c1ccn2Cc1ccc(C(=O)O)s1. The number of fused-ring (bicyclic) bond motifs is 1. The maximum Gasteiger partial charge on any atom is 0.345 e. The summed E-state index contributed by atoms with van der Waals surface area (Å²) in [5.74, 6) is 0.00778. The van der Waals surface area contributed by atoms with Crippen LogP contribution in [-0.4, -0.2) is 22.2 Å². The van der Waals surface area contributed by atoms with E-state index in [0.717, 1.165) is 21.5 Å². The van der Waals surface area contributed by atoms with Crippen LogP contribution in [0.1, 0.15) is 21.5 Å². The molecule has 108 valence electrons. The van der Waals surface area contributed by atoms with Gasteiger partial charge in [0, 0.05) is 16.5 Å². The van der Waals surface area contributed by atoms with Crippen LogP contribution >= 0.6 is 11.3 Å². The van der Waals surface area contributed by atoms with Crippen molar-refractivity contribution in [3.63, 3.8) is 0 Å². The lowest BCUT2D eigenvalue weighted by molar-refractivity contribution is 0.0702. The fourth-order valence-corrected chi connectivity index (χ4v) is 3.21. The third-order valence-corrected chi connectivity index (χ3v) is 4.33.